The van der Waals surface area contributed by atoms with E-state index >= 15 is 0 Å². The van der Waals surface area contributed by atoms with Gasteiger partial charge in [0.2, 0.25) is 0 Å². The number of amides is 2. The van der Waals surface area contributed by atoms with Crippen LogP contribution in [-0.2, 0) is 4.79 Å². The van der Waals surface area contributed by atoms with Crippen LogP contribution in [0.4, 0.5) is 5.69 Å². The Bertz CT molecular complexity index is 1010. The summed E-state index contributed by atoms with van der Waals surface area (Å²) in [5.74, 6) is -0.0124. The van der Waals surface area contributed by atoms with Crippen molar-refractivity contribution in [3.63, 3.8) is 0 Å². The second-order valence-corrected chi connectivity index (χ2v) is 7.77. The van der Waals surface area contributed by atoms with Crippen LogP contribution in [0, 0.1) is 0 Å². The van der Waals surface area contributed by atoms with Crippen LogP contribution >= 0.6 is 15.9 Å². The number of hydrogen-bond acceptors (Lipinski definition) is 3. The van der Waals surface area contributed by atoms with E-state index in [0.29, 0.717) is 17.0 Å². The number of carbonyl (C=O) groups is 2. The third-order valence-corrected chi connectivity index (χ3v) is 5.10. The first-order chi connectivity index (χ1) is 14.4. The van der Waals surface area contributed by atoms with Gasteiger partial charge in [0, 0.05) is 4.47 Å². The Morgan fingerprint density at radius 2 is 1.50 bits per heavy atom. The molecule has 3 aromatic rings. The van der Waals surface area contributed by atoms with E-state index in [1.54, 1.807) is 43.3 Å². The molecule has 0 radical (unpaired) electrons. The van der Waals surface area contributed by atoms with Crippen molar-refractivity contribution in [1.29, 1.82) is 0 Å². The van der Waals surface area contributed by atoms with E-state index in [4.69, 9.17) is 4.74 Å². The summed E-state index contributed by atoms with van der Waals surface area (Å²) in [5, 5.41) is 5.78. The maximum atomic E-state index is 12.8. The summed E-state index contributed by atoms with van der Waals surface area (Å²) in [7, 11) is 0. The van der Waals surface area contributed by atoms with Gasteiger partial charge in [-0.05, 0) is 55.8 Å². The van der Waals surface area contributed by atoms with Gasteiger partial charge in [0.15, 0.2) is 6.10 Å². The van der Waals surface area contributed by atoms with Crippen LogP contribution in [0.15, 0.2) is 83.3 Å². The Morgan fingerprint density at radius 3 is 2.20 bits per heavy atom. The number of hydrogen-bond donors (Lipinski definition) is 2. The highest BCUT2D eigenvalue weighted by Gasteiger charge is 2.19. The van der Waals surface area contributed by atoms with Gasteiger partial charge >= 0.3 is 0 Å². The monoisotopic (exact) mass is 466 g/mol. The number of carbonyl (C=O) groups excluding carboxylic acids is 2. The quantitative estimate of drug-likeness (QED) is 0.493. The van der Waals surface area contributed by atoms with Gasteiger partial charge in [0.05, 0.1) is 17.3 Å². The zero-order valence-corrected chi connectivity index (χ0v) is 18.3. The number of ether oxygens (including phenoxy) is 1. The Balaban J connectivity index is 1.67. The van der Waals surface area contributed by atoms with Crippen LogP contribution in [0.3, 0.4) is 0 Å². The molecule has 3 rings (SSSR count). The van der Waals surface area contributed by atoms with Crippen molar-refractivity contribution in [1.82, 2.24) is 5.32 Å². The molecule has 3 aromatic carbocycles. The highest BCUT2D eigenvalue weighted by molar-refractivity contribution is 9.10. The molecular formula is C24H23BrN2O3. The molecule has 0 aliphatic carbocycles. The SMILES string of the molecule is CC(Oc1ccc(Br)cc1)C(=O)Nc1ccccc1C(=O)NC(C)c1ccccc1. The van der Waals surface area contributed by atoms with Crippen LogP contribution in [0.1, 0.15) is 35.8 Å². The number of nitrogens with one attached hydrogen (secondary N) is 2. The number of para-hydroxylation sites is 1. The summed E-state index contributed by atoms with van der Waals surface area (Å²) < 4.78 is 6.62. The number of halogens is 1. The lowest BCUT2D eigenvalue weighted by Gasteiger charge is -2.18. The lowest BCUT2D eigenvalue weighted by atomic mass is 10.1. The van der Waals surface area contributed by atoms with Crippen LogP contribution in [0.5, 0.6) is 5.75 Å². The molecule has 0 aromatic heterocycles. The smallest absolute Gasteiger partial charge is 0.265 e. The predicted octanol–water partition coefficient (Wildman–Crippen LogP) is 5.35. The predicted molar refractivity (Wildman–Crippen MR) is 122 cm³/mol. The first kappa shape index (κ1) is 21.6. The van der Waals surface area contributed by atoms with E-state index in [1.165, 1.54) is 0 Å². The van der Waals surface area contributed by atoms with Crippen LogP contribution in [-0.4, -0.2) is 17.9 Å². The minimum atomic E-state index is -0.731. The molecule has 0 heterocycles. The molecule has 30 heavy (non-hydrogen) atoms. The lowest BCUT2D eigenvalue weighted by Crippen LogP contribution is -2.32. The minimum Gasteiger partial charge on any atom is -0.481 e. The second-order valence-electron chi connectivity index (χ2n) is 6.85. The fourth-order valence-corrected chi connectivity index (χ4v) is 3.16. The molecular weight excluding hydrogens is 444 g/mol. The van der Waals surface area contributed by atoms with Crippen molar-refractivity contribution in [2.75, 3.05) is 5.32 Å². The minimum absolute atomic E-state index is 0.165. The van der Waals surface area contributed by atoms with Crippen molar-refractivity contribution >= 4 is 33.4 Å². The maximum Gasteiger partial charge on any atom is 0.265 e. The molecule has 2 atom stereocenters. The molecule has 0 saturated carbocycles. The number of rotatable bonds is 7. The summed E-state index contributed by atoms with van der Waals surface area (Å²) in [4.78, 5) is 25.5. The summed E-state index contributed by atoms with van der Waals surface area (Å²) >= 11 is 3.37. The zero-order valence-electron chi connectivity index (χ0n) is 16.8. The van der Waals surface area contributed by atoms with Gasteiger partial charge in [-0.25, -0.2) is 0 Å². The molecule has 5 nitrogen and oxygen atoms in total. The average Bonchev–Trinajstić information content (AvgIpc) is 2.76. The average molecular weight is 467 g/mol. The van der Waals surface area contributed by atoms with Crippen molar-refractivity contribution < 1.29 is 14.3 Å². The Morgan fingerprint density at radius 1 is 0.867 bits per heavy atom. The van der Waals surface area contributed by atoms with Gasteiger partial charge in [0.1, 0.15) is 5.75 Å². The summed E-state index contributed by atoms with van der Waals surface area (Å²) in [6.45, 7) is 3.58. The van der Waals surface area contributed by atoms with Gasteiger partial charge in [0.25, 0.3) is 11.8 Å². The van der Waals surface area contributed by atoms with Gasteiger partial charge in [-0.15, -0.1) is 0 Å². The Hall–Kier alpha value is -3.12. The molecule has 2 unspecified atom stereocenters. The molecule has 154 valence electrons. The first-order valence-electron chi connectivity index (χ1n) is 9.62. The van der Waals surface area contributed by atoms with E-state index in [9.17, 15) is 9.59 Å². The number of anilines is 1. The molecule has 6 heteroatoms. The van der Waals surface area contributed by atoms with E-state index in [1.807, 2.05) is 49.4 Å². The highest BCUT2D eigenvalue weighted by atomic mass is 79.9. The van der Waals surface area contributed by atoms with Crippen molar-refractivity contribution in [2.45, 2.75) is 26.0 Å². The van der Waals surface area contributed by atoms with E-state index in [0.717, 1.165) is 10.0 Å². The number of benzene rings is 3. The van der Waals surface area contributed by atoms with E-state index < -0.39 is 6.10 Å². The molecule has 0 aliphatic heterocycles. The largest absolute Gasteiger partial charge is 0.481 e. The van der Waals surface area contributed by atoms with Gasteiger partial charge in [-0.1, -0.05) is 58.4 Å². The topological polar surface area (TPSA) is 67.4 Å². The molecule has 2 N–H and O–H groups in total. The lowest BCUT2D eigenvalue weighted by molar-refractivity contribution is -0.122. The van der Waals surface area contributed by atoms with E-state index in [2.05, 4.69) is 26.6 Å². The van der Waals surface area contributed by atoms with Gasteiger partial charge in [-0.2, -0.15) is 0 Å². The van der Waals surface area contributed by atoms with Gasteiger partial charge in [-0.3, -0.25) is 9.59 Å². The highest BCUT2D eigenvalue weighted by Crippen LogP contribution is 2.20. The standard InChI is InChI=1S/C24H23BrN2O3/c1-16(18-8-4-3-5-9-18)26-24(29)21-10-6-7-11-22(21)27-23(28)17(2)30-20-14-12-19(25)13-15-20/h3-17H,1-2H3,(H,26,29)(H,27,28). The third kappa shape index (κ3) is 5.70. The molecule has 0 saturated heterocycles. The molecule has 0 aliphatic rings. The van der Waals surface area contributed by atoms with Crippen LogP contribution in [0.25, 0.3) is 0 Å². The Kier molecular flexibility index (Phi) is 7.25. The van der Waals surface area contributed by atoms with Crippen LogP contribution in [0.2, 0.25) is 0 Å². The molecule has 0 fully saturated rings. The normalized spacial score (nSPS) is 12.5. The van der Waals surface area contributed by atoms with Crippen molar-refractivity contribution in [3.8, 4) is 5.75 Å². The van der Waals surface area contributed by atoms with Crippen molar-refractivity contribution in [3.05, 3.63) is 94.5 Å². The zero-order chi connectivity index (χ0) is 21.5. The molecule has 2 amide bonds. The summed E-state index contributed by atoms with van der Waals surface area (Å²) in [6, 6.07) is 23.7. The third-order valence-electron chi connectivity index (χ3n) is 4.57. The fraction of sp³-hybridized carbons (Fsp3) is 0.167. The Labute approximate surface area is 184 Å². The van der Waals surface area contributed by atoms with Crippen molar-refractivity contribution in [2.24, 2.45) is 0 Å². The van der Waals surface area contributed by atoms with E-state index in [-0.39, 0.29) is 17.9 Å². The molecule has 0 bridgehead atoms. The second kappa shape index (κ2) is 10.1. The maximum absolute atomic E-state index is 12.8. The fourth-order valence-electron chi connectivity index (χ4n) is 2.89. The van der Waals surface area contributed by atoms with Crippen LogP contribution < -0.4 is 15.4 Å². The summed E-state index contributed by atoms with van der Waals surface area (Å²) in [5.41, 5.74) is 1.83. The molecule has 0 spiro atoms. The summed E-state index contributed by atoms with van der Waals surface area (Å²) in [6.07, 6.45) is -0.731. The first-order valence-corrected chi connectivity index (χ1v) is 10.4. The van der Waals surface area contributed by atoms with Gasteiger partial charge < -0.3 is 15.4 Å².